The van der Waals surface area contributed by atoms with Crippen molar-refractivity contribution in [2.45, 2.75) is 26.7 Å². The Morgan fingerprint density at radius 2 is 2.00 bits per heavy atom. The fourth-order valence-electron chi connectivity index (χ4n) is 1.93. The van der Waals surface area contributed by atoms with Gasteiger partial charge in [-0.25, -0.2) is 0 Å². The average molecular weight is 259 g/mol. The molecule has 0 radical (unpaired) electrons. The van der Waals surface area contributed by atoms with Gasteiger partial charge >= 0.3 is 0 Å². The Morgan fingerprint density at radius 1 is 1.26 bits per heavy atom. The smallest absolute Gasteiger partial charge is 0.255 e. The first kappa shape index (κ1) is 13.4. The average Bonchev–Trinajstić information content (AvgIpc) is 2.42. The van der Waals surface area contributed by atoms with E-state index in [-0.39, 0.29) is 7.33 Å². The van der Waals surface area contributed by atoms with E-state index in [2.05, 4.69) is 18.3 Å². The highest BCUT2D eigenvalue weighted by Crippen LogP contribution is 2.17. The van der Waals surface area contributed by atoms with Crippen molar-refractivity contribution in [1.29, 1.82) is 0 Å². The van der Waals surface area contributed by atoms with Crippen LogP contribution in [0.25, 0.3) is 0 Å². The Labute approximate surface area is 115 Å². The Balaban J connectivity index is 0.00000200. The van der Waals surface area contributed by atoms with Crippen LogP contribution in [0.15, 0.2) is 47.7 Å². The third-order valence-corrected chi connectivity index (χ3v) is 3.06. The molecule has 0 unspecified atom stereocenters. The van der Waals surface area contributed by atoms with Crippen LogP contribution in [0, 0.1) is 0 Å². The zero-order chi connectivity index (χ0) is 13.7. The number of benzene rings is 1. The lowest BCUT2D eigenvalue weighted by Gasteiger charge is -2.13. The fourth-order valence-corrected chi connectivity index (χ4v) is 1.93. The Kier molecular flexibility index (Phi) is 4.39. The minimum atomic E-state index is -0.0674. The van der Waals surface area contributed by atoms with E-state index in [0.717, 1.165) is 24.3 Å². The zero-order valence-corrected chi connectivity index (χ0v) is 11.4. The Morgan fingerprint density at radius 3 is 2.58 bits per heavy atom. The van der Waals surface area contributed by atoms with Crippen LogP contribution in [0.3, 0.4) is 0 Å². The standard InChI is InChI=1S/C16H19NO2.H2/c1-3-19-15-10-6-13(7-11-15)16(18)17-14-8-4-12(2)5-9-14;/h4,6-8,10-11H,3,5,9H2,1-2H3,(H,17,18);1H. The van der Waals surface area contributed by atoms with Crippen LogP contribution in [-0.2, 0) is 0 Å². The van der Waals surface area contributed by atoms with E-state index in [0.29, 0.717) is 12.2 Å². The molecule has 19 heavy (non-hydrogen) atoms. The molecule has 2 rings (SSSR count). The summed E-state index contributed by atoms with van der Waals surface area (Å²) < 4.78 is 5.35. The number of rotatable bonds is 4. The highest BCUT2D eigenvalue weighted by Gasteiger charge is 2.09. The van der Waals surface area contributed by atoms with Crippen molar-refractivity contribution in [1.82, 2.24) is 5.32 Å². The lowest BCUT2D eigenvalue weighted by molar-refractivity contribution is 0.0964. The van der Waals surface area contributed by atoms with Crippen molar-refractivity contribution in [2.75, 3.05) is 6.61 Å². The molecular formula is C16H21NO2. The van der Waals surface area contributed by atoms with Crippen LogP contribution in [0.5, 0.6) is 5.75 Å². The summed E-state index contributed by atoms with van der Waals surface area (Å²) in [6, 6.07) is 7.20. The first-order valence-electron chi connectivity index (χ1n) is 6.59. The van der Waals surface area contributed by atoms with Gasteiger partial charge < -0.3 is 10.1 Å². The molecule has 0 aliphatic heterocycles. The molecule has 1 aliphatic carbocycles. The van der Waals surface area contributed by atoms with Crippen molar-refractivity contribution in [3.8, 4) is 5.75 Å². The summed E-state index contributed by atoms with van der Waals surface area (Å²) in [6.45, 7) is 4.66. The van der Waals surface area contributed by atoms with Crippen molar-refractivity contribution in [2.24, 2.45) is 0 Å². The molecule has 102 valence electrons. The summed E-state index contributed by atoms with van der Waals surface area (Å²) in [5.74, 6) is 0.719. The third-order valence-electron chi connectivity index (χ3n) is 3.06. The minimum Gasteiger partial charge on any atom is -0.494 e. The second-order valence-corrected chi connectivity index (χ2v) is 4.62. The van der Waals surface area contributed by atoms with Gasteiger partial charge in [0.2, 0.25) is 0 Å². The van der Waals surface area contributed by atoms with Crippen LogP contribution in [-0.4, -0.2) is 12.5 Å². The zero-order valence-electron chi connectivity index (χ0n) is 11.4. The molecule has 0 spiro atoms. The summed E-state index contributed by atoms with van der Waals surface area (Å²) >= 11 is 0. The molecule has 0 atom stereocenters. The van der Waals surface area contributed by atoms with Gasteiger partial charge in [0, 0.05) is 12.7 Å². The number of ether oxygens (including phenoxy) is 1. The topological polar surface area (TPSA) is 38.3 Å². The Bertz CT molecular complexity index is 518. The number of hydrogen-bond donors (Lipinski definition) is 1. The van der Waals surface area contributed by atoms with Crippen LogP contribution in [0.4, 0.5) is 0 Å². The molecule has 1 aromatic carbocycles. The van der Waals surface area contributed by atoms with E-state index in [1.807, 2.05) is 25.1 Å². The number of nitrogens with one attached hydrogen (secondary N) is 1. The van der Waals surface area contributed by atoms with Crippen LogP contribution in [0.2, 0.25) is 0 Å². The molecule has 3 nitrogen and oxygen atoms in total. The predicted molar refractivity (Wildman–Crippen MR) is 78.3 cm³/mol. The summed E-state index contributed by atoms with van der Waals surface area (Å²) in [4.78, 5) is 12.1. The highest BCUT2D eigenvalue weighted by molar-refractivity contribution is 5.95. The largest absolute Gasteiger partial charge is 0.494 e. The van der Waals surface area contributed by atoms with E-state index in [9.17, 15) is 4.79 Å². The summed E-state index contributed by atoms with van der Waals surface area (Å²) in [5, 5.41) is 2.94. The summed E-state index contributed by atoms with van der Waals surface area (Å²) in [5.41, 5.74) is 2.97. The van der Waals surface area contributed by atoms with Gasteiger partial charge in [0.25, 0.3) is 5.91 Å². The maximum absolute atomic E-state index is 12.1. The number of hydrogen-bond acceptors (Lipinski definition) is 2. The second-order valence-electron chi connectivity index (χ2n) is 4.62. The van der Waals surface area contributed by atoms with Crippen LogP contribution < -0.4 is 10.1 Å². The van der Waals surface area contributed by atoms with E-state index in [4.69, 9.17) is 4.74 Å². The van der Waals surface area contributed by atoms with Crippen molar-refractivity contribution in [3.63, 3.8) is 0 Å². The molecule has 0 saturated carbocycles. The Hall–Kier alpha value is -2.03. The van der Waals surface area contributed by atoms with E-state index >= 15 is 0 Å². The van der Waals surface area contributed by atoms with Gasteiger partial charge in [-0.3, -0.25) is 4.79 Å². The highest BCUT2D eigenvalue weighted by atomic mass is 16.5. The quantitative estimate of drug-likeness (QED) is 0.895. The monoisotopic (exact) mass is 259 g/mol. The number of amides is 1. The number of carbonyl (C=O) groups excluding carboxylic acids is 1. The molecule has 0 aromatic heterocycles. The SMILES string of the molecule is CCOc1ccc(C(=O)NC2=CC=C(C)CC2)cc1.[HH]. The van der Waals surface area contributed by atoms with Gasteiger partial charge in [0.15, 0.2) is 0 Å². The number of carbonyl (C=O) groups is 1. The van der Waals surface area contributed by atoms with Gasteiger partial charge in [-0.1, -0.05) is 11.6 Å². The van der Waals surface area contributed by atoms with Crippen LogP contribution >= 0.6 is 0 Å². The van der Waals surface area contributed by atoms with Gasteiger partial charge in [-0.15, -0.1) is 0 Å². The first-order valence-corrected chi connectivity index (χ1v) is 6.59. The van der Waals surface area contributed by atoms with Crippen molar-refractivity contribution in [3.05, 3.63) is 53.3 Å². The van der Waals surface area contributed by atoms with E-state index in [1.54, 1.807) is 12.1 Å². The fraction of sp³-hybridized carbons (Fsp3) is 0.312. The van der Waals surface area contributed by atoms with Crippen LogP contribution in [0.1, 0.15) is 38.5 Å². The molecular weight excluding hydrogens is 238 g/mol. The number of allylic oxidation sites excluding steroid dienone is 4. The first-order chi connectivity index (χ1) is 9.19. The molecule has 1 N–H and O–H groups in total. The van der Waals surface area contributed by atoms with Gasteiger partial charge in [-0.05, 0) is 57.0 Å². The lowest BCUT2D eigenvalue weighted by atomic mass is 10.0. The molecule has 1 aliphatic rings. The lowest BCUT2D eigenvalue weighted by Crippen LogP contribution is -2.23. The second kappa shape index (κ2) is 6.23. The maximum atomic E-state index is 12.1. The minimum absolute atomic E-state index is 0. The van der Waals surface area contributed by atoms with Gasteiger partial charge in [0.05, 0.1) is 6.61 Å². The van der Waals surface area contributed by atoms with E-state index in [1.165, 1.54) is 5.57 Å². The molecule has 1 aromatic rings. The van der Waals surface area contributed by atoms with E-state index < -0.39 is 0 Å². The third kappa shape index (κ3) is 3.71. The maximum Gasteiger partial charge on any atom is 0.255 e. The van der Waals surface area contributed by atoms with Crippen molar-refractivity contribution >= 4 is 5.91 Å². The molecule has 0 heterocycles. The predicted octanol–water partition coefficient (Wildman–Crippen LogP) is 3.69. The molecule has 0 bridgehead atoms. The molecule has 1 amide bonds. The molecule has 0 saturated heterocycles. The summed E-state index contributed by atoms with van der Waals surface area (Å²) in [7, 11) is 0. The van der Waals surface area contributed by atoms with Gasteiger partial charge in [0.1, 0.15) is 5.75 Å². The molecule has 0 fully saturated rings. The molecule has 3 heteroatoms. The van der Waals surface area contributed by atoms with Gasteiger partial charge in [-0.2, -0.15) is 0 Å². The summed E-state index contributed by atoms with van der Waals surface area (Å²) in [6.07, 6.45) is 5.93. The normalized spacial score (nSPS) is 14.4. The van der Waals surface area contributed by atoms with Crippen molar-refractivity contribution < 1.29 is 11.0 Å².